The maximum absolute atomic E-state index is 13.9. The summed E-state index contributed by atoms with van der Waals surface area (Å²) in [6.45, 7) is 1.08. The van der Waals surface area contributed by atoms with Gasteiger partial charge >= 0.3 is 0 Å². The van der Waals surface area contributed by atoms with Crippen molar-refractivity contribution in [3.63, 3.8) is 0 Å². The number of nitrogens with one attached hydrogen (secondary N) is 1. The third kappa shape index (κ3) is 2.87. The molecule has 1 amide bonds. The van der Waals surface area contributed by atoms with Crippen LogP contribution in [0.2, 0.25) is 0 Å². The number of carbonyl (C=O) groups is 1. The molecule has 104 valence electrons. The van der Waals surface area contributed by atoms with Crippen molar-refractivity contribution < 1.29 is 14.3 Å². The van der Waals surface area contributed by atoms with Crippen LogP contribution in [0.1, 0.15) is 18.4 Å². The molecule has 0 radical (unpaired) electrons. The van der Waals surface area contributed by atoms with E-state index in [1.165, 1.54) is 6.07 Å². The molecule has 1 aromatic rings. The minimum absolute atomic E-state index is 0.00519. The number of hydrogen-bond donors (Lipinski definition) is 2. The Kier molecular flexibility index (Phi) is 4.37. The van der Waals surface area contributed by atoms with Crippen LogP contribution in [0.25, 0.3) is 0 Å². The van der Waals surface area contributed by atoms with Crippen LogP contribution in [-0.4, -0.2) is 31.2 Å². The molecule has 0 spiro atoms. The minimum atomic E-state index is -0.315. The topological polar surface area (TPSA) is 52.6 Å². The molecule has 0 saturated carbocycles. The third-order valence-corrected chi connectivity index (χ3v) is 3.67. The largest absolute Gasteiger partial charge is 0.392 e. The van der Waals surface area contributed by atoms with Crippen molar-refractivity contribution in [2.45, 2.75) is 19.4 Å². The van der Waals surface area contributed by atoms with Crippen LogP contribution in [0, 0.1) is 11.7 Å². The van der Waals surface area contributed by atoms with Crippen molar-refractivity contribution in [2.24, 2.45) is 5.92 Å². The molecule has 1 saturated heterocycles. The standard InChI is InChI=1S/C14H19FN2O2/c1-16-14(19)10-5-7-17(8-6-10)13-11(9-18)3-2-4-12(13)15/h2-4,10,18H,5-9H2,1H3,(H,16,19). The average molecular weight is 266 g/mol. The number of nitrogens with zero attached hydrogens (tertiary/aromatic N) is 1. The molecule has 19 heavy (non-hydrogen) atoms. The smallest absolute Gasteiger partial charge is 0.222 e. The van der Waals surface area contributed by atoms with E-state index in [4.69, 9.17) is 0 Å². The first kappa shape index (κ1) is 13.8. The second-order valence-electron chi connectivity index (χ2n) is 4.78. The molecule has 1 aliphatic heterocycles. The fourth-order valence-electron chi connectivity index (χ4n) is 2.61. The van der Waals surface area contributed by atoms with Gasteiger partial charge in [0.2, 0.25) is 5.91 Å². The van der Waals surface area contributed by atoms with Crippen molar-refractivity contribution in [1.29, 1.82) is 0 Å². The molecule has 5 heteroatoms. The quantitative estimate of drug-likeness (QED) is 0.866. The molecule has 1 aromatic carbocycles. The van der Waals surface area contributed by atoms with Crippen molar-refractivity contribution >= 4 is 11.6 Å². The van der Waals surface area contributed by atoms with Gasteiger partial charge in [-0.1, -0.05) is 12.1 Å². The Labute approximate surface area is 112 Å². The van der Waals surface area contributed by atoms with E-state index in [1.54, 1.807) is 19.2 Å². The molecule has 0 atom stereocenters. The zero-order chi connectivity index (χ0) is 13.8. The summed E-state index contributed by atoms with van der Waals surface area (Å²) < 4.78 is 13.9. The van der Waals surface area contributed by atoms with Crippen molar-refractivity contribution in [2.75, 3.05) is 25.0 Å². The number of para-hydroxylation sites is 1. The average Bonchev–Trinajstić information content (AvgIpc) is 2.46. The number of amides is 1. The molecule has 0 unspecified atom stereocenters. The van der Waals surface area contributed by atoms with Gasteiger partial charge in [-0.15, -0.1) is 0 Å². The minimum Gasteiger partial charge on any atom is -0.392 e. The highest BCUT2D eigenvalue weighted by molar-refractivity contribution is 5.78. The van der Waals surface area contributed by atoms with Crippen molar-refractivity contribution in [3.8, 4) is 0 Å². The van der Waals surface area contributed by atoms with Gasteiger partial charge in [0.1, 0.15) is 5.82 Å². The van der Waals surface area contributed by atoms with E-state index in [-0.39, 0.29) is 24.2 Å². The molecule has 1 heterocycles. The number of carbonyl (C=O) groups excluding carboxylic acids is 1. The predicted octanol–water partition coefficient (Wildman–Crippen LogP) is 1.28. The number of aliphatic hydroxyl groups excluding tert-OH is 1. The van der Waals surface area contributed by atoms with Crippen LogP contribution in [-0.2, 0) is 11.4 Å². The zero-order valence-corrected chi connectivity index (χ0v) is 11.0. The van der Waals surface area contributed by atoms with E-state index >= 15 is 0 Å². The van der Waals surface area contributed by atoms with E-state index in [0.717, 1.165) is 0 Å². The molecular weight excluding hydrogens is 247 g/mol. The summed E-state index contributed by atoms with van der Waals surface area (Å²) in [5.74, 6) is -0.258. The normalized spacial score (nSPS) is 16.5. The highest BCUT2D eigenvalue weighted by Gasteiger charge is 2.26. The number of piperidine rings is 1. The van der Waals surface area contributed by atoms with Gasteiger partial charge in [0.05, 0.1) is 12.3 Å². The Hall–Kier alpha value is -1.62. The van der Waals surface area contributed by atoms with Gasteiger partial charge < -0.3 is 15.3 Å². The first-order chi connectivity index (χ1) is 9.17. The third-order valence-electron chi connectivity index (χ3n) is 3.67. The Morgan fingerprint density at radius 3 is 2.74 bits per heavy atom. The second kappa shape index (κ2) is 6.02. The van der Waals surface area contributed by atoms with Gasteiger partial charge in [-0.3, -0.25) is 4.79 Å². The summed E-state index contributed by atoms with van der Waals surface area (Å²) in [5, 5.41) is 11.9. The van der Waals surface area contributed by atoms with Gasteiger partial charge in [0, 0.05) is 31.6 Å². The van der Waals surface area contributed by atoms with Crippen LogP contribution in [0.4, 0.5) is 10.1 Å². The lowest BCUT2D eigenvalue weighted by Crippen LogP contribution is -2.40. The monoisotopic (exact) mass is 266 g/mol. The Bertz CT molecular complexity index is 457. The van der Waals surface area contributed by atoms with Crippen LogP contribution >= 0.6 is 0 Å². The molecule has 0 aliphatic carbocycles. The Morgan fingerprint density at radius 2 is 2.16 bits per heavy atom. The van der Waals surface area contributed by atoms with Gasteiger partial charge in [0.15, 0.2) is 0 Å². The number of benzene rings is 1. The predicted molar refractivity (Wildman–Crippen MR) is 71.3 cm³/mol. The summed E-state index contributed by atoms with van der Waals surface area (Å²) in [6, 6.07) is 4.73. The Morgan fingerprint density at radius 1 is 1.47 bits per heavy atom. The summed E-state index contributed by atoms with van der Waals surface area (Å²) in [7, 11) is 1.63. The van der Waals surface area contributed by atoms with Crippen LogP contribution in [0.3, 0.4) is 0 Å². The molecule has 0 aromatic heterocycles. The zero-order valence-electron chi connectivity index (χ0n) is 11.0. The molecule has 0 bridgehead atoms. The molecule has 2 N–H and O–H groups in total. The van der Waals surface area contributed by atoms with E-state index in [9.17, 15) is 14.3 Å². The molecule has 1 aliphatic rings. The fourth-order valence-corrected chi connectivity index (χ4v) is 2.61. The van der Waals surface area contributed by atoms with Crippen LogP contribution in [0.5, 0.6) is 0 Å². The maximum atomic E-state index is 13.9. The summed E-state index contributed by atoms with van der Waals surface area (Å²) >= 11 is 0. The number of hydrogen-bond acceptors (Lipinski definition) is 3. The second-order valence-corrected chi connectivity index (χ2v) is 4.78. The van der Waals surface area contributed by atoms with Gasteiger partial charge in [-0.25, -0.2) is 4.39 Å². The molecule has 2 rings (SSSR count). The van der Waals surface area contributed by atoms with Crippen molar-refractivity contribution in [1.82, 2.24) is 5.32 Å². The molecular formula is C14H19FN2O2. The number of halogens is 1. The summed E-state index contributed by atoms with van der Waals surface area (Å²) in [5.41, 5.74) is 1.07. The lowest BCUT2D eigenvalue weighted by molar-refractivity contribution is -0.125. The first-order valence-electron chi connectivity index (χ1n) is 6.52. The van der Waals surface area contributed by atoms with Gasteiger partial charge in [-0.2, -0.15) is 0 Å². The number of rotatable bonds is 3. The van der Waals surface area contributed by atoms with Crippen molar-refractivity contribution in [3.05, 3.63) is 29.6 Å². The highest BCUT2D eigenvalue weighted by Crippen LogP contribution is 2.29. The number of aliphatic hydroxyl groups is 1. The van der Waals surface area contributed by atoms with Crippen LogP contribution in [0.15, 0.2) is 18.2 Å². The van der Waals surface area contributed by atoms with E-state index < -0.39 is 0 Å². The van der Waals surface area contributed by atoms with Gasteiger partial charge in [-0.05, 0) is 18.9 Å². The highest BCUT2D eigenvalue weighted by atomic mass is 19.1. The lowest BCUT2D eigenvalue weighted by atomic mass is 9.95. The summed E-state index contributed by atoms with van der Waals surface area (Å²) in [6.07, 6.45) is 1.41. The SMILES string of the molecule is CNC(=O)C1CCN(c2c(F)cccc2CO)CC1. The molecule has 4 nitrogen and oxygen atoms in total. The van der Waals surface area contributed by atoms with E-state index in [2.05, 4.69) is 5.32 Å². The van der Waals surface area contributed by atoms with Gasteiger partial charge in [0.25, 0.3) is 0 Å². The summed E-state index contributed by atoms with van der Waals surface area (Å²) in [4.78, 5) is 13.5. The fraction of sp³-hybridized carbons (Fsp3) is 0.500. The maximum Gasteiger partial charge on any atom is 0.222 e. The first-order valence-corrected chi connectivity index (χ1v) is 6.52. The Balaban J connectivity index is 2.12. The van der Waals surface area contributed by atoms with E-state index in [1.807, 2.05) is 4.90 Å². The molecule has 1 fully saturated rings. The van der Waals surface area contributed by atoms with Crippen LogP contribution < -0.4 is 10.2 Å². The van der Waals surface area contributed by atoms with E-state index in [0.29, 0.717) is 37.2 Å². The lowest BCUT2D eigenvalue weighted by Gasteiger charge is -2.34. The number of anilines is 1.